The van der Waals surface area contributed by atoms with Gasteiger partial charge in [0.15, 0.2) is 0 Å². The Kier molecular flexibility index (Phi) is 11.5. The average molecular weight is 815 g/mol. The Morgan fingerprint density at radius 1 is 0.633 bits per heavy atom. The molecule has 0 spiro atoms. The van der Waals surface area contributed by atoms with Crippen molar-refractivity contribution in [3.05, 3.63) is 144 Å². The predicted molar refractivity (Wildman–Crippen MR) is 225 cm³/mol. The number of aromatic amines is 2. The highest BCUT2D eigenvalue weighted by Gasteiger charge is 2.39. The highest BCUT2D eigenvalue weighted by atomic mass is 19.4. The first kappa shape index (κ1) is 40.7. The normalized spacial score (nSPS) is 18.1. The van der Waals surface area contributed by atoms with Crippen LogP contribution < -0.4 is 0 Å². The number of H-pyrrole nitrogens is 2. The van der Waals surface area contributed by atoms with Crippen molar-refractivity contribution in [1.82, 2.24) is 39.5 Å². The zero-order valence-electron chi connectivity index (χ0n) is 34.2. The van der Waals surface area contributed by atoms with Crippen LogP contribution in [-0.2, 0) is 15.8 Å². The second-order valence-corrected chi connectivity index (χ2v) is 16.1. The maximum Gasteiger partial charge on any atom is 0.417 e. The van der Waals surface area contributed by atoms with Gasteiger partial charge in [-0.25, -0.2) is 9.97 Å². The number of hydrogen-bond acceptors (Lipinski definition) is 6. The number of likely N-dealkylation sites (tertiary alicyclic amines) is 2. The smallest absolute Gasteiger partial charge is 0.340 e. The molecule has 13 heteroatoms. The van der Waals surface area contributed by atoms with Gasteiger partial charge >= 0.3 is 6.18 Å². The number of amides is 2. The zero-order valence-corrected chi connectivity index (χ0v) is 34.2. The maximum absolute atomic E-state index is 14.8. The summed E-state index contributed by atoms with van der Waals surface area (Å²) in [6.45, 7) is 1.19. The van der Waals surface area contributed by atoms with Crippen molar-refractivity contribution in [2.24, 2.45) is 0 Å². The number of alkyl halides is 3. The van der Waals surface area contributed by atoms with Crippen LogP contribution in [-0.4, -0.2) is 92.6 Å². The first-order chi connectivity index (χ1) is 28.9. The highest BCUT2D eigenvalue weighted by molar-refractivity contribution is 5.85. The average Bonchev–Trinajstić information content (AvgIpc) is 4.08. The summed E-state index contributed by atoms with van der Waals surface area (Å²) in [5.74, 6) is 1.20. The van der Waals surface area contributed by atoms with Gasteiger partial charge in [-0.3, -0.25) is 19.4 Å². The van der Waals surface area contributed by atoms with Crippen LogP contribution in [0.4, 0.5) is 13.2 Å². The van der Waals surface area contributed by atoms with E-state index in [0.29, 0.717) is 53.7 Å². The molecule has 0 aliphatic carbocycles. The number of nitrogens with one attached hydrogen (secondary N) is 2. The Balaban J connectivity index is 0.999. The van der Waals surface area contributed by atoms with Crippen LogP contribution in [0.2, 0.25) is 0 Å². The first-order valence-corrected chi connectivity index (χ1v) is 20.3. The molecule has 10 nitrogen and oxygen atoms in total. The third-order valence-corrected chi connectivity index (χ3v) is 11.8. The Bertz CT molecular complexity index is 2430. The quantitative estimate of drug-likeness (QED) is 0.135. The van der Waals surface area contributed by atoms with Gasteiger partial charge in [0.05, 0.1) is 41.4 Å². The van der Waals surface area contributed by atoms with Gasteiger partial charge in [0.25, 0.3) is 0 Å². The highest BCUT2D eigenvalue weighted by Crippen LogP contribution is 2.41. The van der Waals surface area contributed by atoms with Gasteiger partial charge < -0.3 is 19.8 Å². The minimum absolute atomic E-state index is 0.0141. The van der Waals surface area contributed by atoms with Gasteiger partial charge in [-0.05, 0) is 87.8 Å². The van der Waals surface area contributed by atoms with Crippen molar-refractivity contribution in [3.8, 4) is 33.6 Å². The predicted octanol–water partition coefficient (Wildman–Crippen LogP) is 9.09. The van der Waals surface area contributed by atoms with Gasteiger partial charge in [-0.2, -0.15) is 13.2 Å². The monoisotopic (exact) mass is 814 g/mol. The summed E-state index contributed by atoms with van der Waals surface area (Å²) < 4.78 is 44.3. The Labute approximate surface area is 348 Å². The van der Waals surface area contributed by atoms with Crippen LogP contribution >= 0.6 is 0 Å². The Morgan fingerprint density at radius 2 is 1.07 bits per heavy atom. The van der Waals surface area contributed by atoms with Crippen LogP contribution in [0, 0.1) is 0 Å². The molecular weight excluding hydrogens is 766 g/mol. The van der Waals surface area contributed by atoms with E-state index in [1.165, 1.54) is 6.07 Å². The lowest BCUT2D eigenvalue weighted by atomic mass is 9.95. The molecule has 4 heterocycles. The molecule has 2 fully saturated rings. The lowest BCUT2D eigenvalue weighted by Gasteiger charge is -2.31. The van der Waals surface area contributed by atoms with Crippen molar-refractivity contribution >= 4 is 11.8 Å². The van der Waals surface area contributed by atoms with E-state index in [1.807, 2.05) is 108 Å². The van der Waals surface area contributed by atoms with E-state index in [1.54, 1.807) is 42.7 Å². The van der Waals surface area contributed by atoms with E-state index < -0.39 is 23.8 Å². The number of aromatic nitrogens is 4. The van der Waals surface area contributed by atoms with Gasteiger partial charge in [0.1, 0.15) is 23.7 Å². The molecule has 0 bridgehead atoms. The van der Waals surface area contributed by atoms with Crippen LogP contribution in [0.5, 0.6) is 0 Å². The number of nitrogens with zero attached hydrogens (tertiary/aromatic N) is 6. The SMILES string of the molecule is CN(C)[C@@H](C(=O)N1CCC[C@H]1c1ncc(-c2ccc(-c3ccc(-c4cnc([C@@H]5CCCN5C(=O)[C@@H](c5ccccc5)N(C)C)[nH]4)cc3C(F)(F)F)cc2)[nH]1)c1ccccc1. The molecule has 8 rings (SSSR count). The molecule has 4 aromatic carbocycles. The maximum atomic E-state index is 14.8. The number of carbonyl (C=O) groups is 2. The molecule has 310 valence electrons. The number of benzene rings is 4. The molecule has 60 heavy (non-hydrogen) atoms. The van der Waals surface area contributed by atoms with Crippen molar-refractivity contribution in [2.75, 3.05) is 41.3 Å². The van der Waals surface area contributed by atoms with Crippen LogP contribution in [0.15, 0.2) is 116 Å². The number of likely N-dealkylation sites (N-methyl/N-ethyl adjacent to an activating group) is 2. The number of hydrogen-bond donors (Lipinski definition) is 2. The summed E-state index contributed by atoms with van der Waals surface area (Å²) in [6, 6.07) is 29.2. The standard InChI is InChI=1S/C47H49F3N8O2/c1-55(2)41(32-13-7-5-8-14-32)45(59)57-25-11-17-39(57)43-51-28-37(53-43)31-21-19-30(20-22-31)35-24-23-34(27-36(35)47(48,49)50)38-29-52-44(54-38)40-18-12-26-58(40)46(60)42(56(3)4)33-15-9-6-10-16-33/h5-10,13-16,19-24,27-29,39-42H,11-12,17-18,25-26H2,1-4H3,(H,51,53)(H,52,54)/t39-,40-,41+,42+/m0/s1. The molecule has 0 radical (unpaired) electrons. The van der Waals surface area contributed by atoms with Gasteiger partial charge in [-0.15, -0.1) is 0 Å². The molecule has 2 aromatic heterocycles. The van der Waals surface area contributed by atoms with Crippen molar-refractivity contribution < 1.29 is 22.8 Å². The van der Waals surface area contributed by atoms with Crippen molar-refractivity contribution in [1.29, 1.82) is 0 Å². The summed E-state index contributed by atoms with van der Waals surface area (Å²) in [7, 11) is 7.56. The molecule has 2 saturated heterocycles. The zero-order chi connectivity index (χ0) is 42.1. The van der Waals surface area contributed by atoms with Crippen molar-refractivity contribution in [3.63, 3.8) is 0 Å². The molecule has 2 aliphatic rings. The van der Waals surface area contributed by atoms with Crippen molar-refractivity contribution in [2.45, 2.75) is 56.0 Å². The molecule has 2 N–H and O–H groups in total. The third-order valence-electron chi connectivity index (χ3n) is 11.8. The molecule has 6 aromatic rings. The van der Waals surface area contributed by atoms with E-state index in [0.717, 1.165) is 42.0 Å². The van der Waals surface area contributed by atoms with Crippen LogP contribution in [0.3, 0.4) is 0 Å². The van der Waals surface area contributed by atoms with E-state index in [2.05, 4.69) is 19.9 Å². The summed E-state index contributed by atoms with van der Waals surface area (Å²) in [5.41, 5.74) is 3.79. The number of halogens is 3. The number of rotatable bonds is 11. The minimum atomic E-state index is -4.63. The summed E-state index contributed by atoms with van der Waals surface area (Å²) in [5, 5.41) is 0. The topological polar surface area (TPSA) is 104 Å². The summed E-state index contributed by atoms with van der Waals surface area (Å²) in [6.07, 6.45) is 1.74. The number of imidazole rings is 2. The van der Waals surface area contributed by atoms with Gasteiger partial charge in [-0.1, -0.05) is 97.1 Å². The molecule has 0 unspecified atom stereocenters. The van der Waals surface area contributed by atoms with E-state index in [4.69, 9.17) is 0 Å². The summed E-state index contributed by atoms with van der Waals surface area (Å²) >= 11 is 0. The van der Waals surface area contributed by atoms with E-state index >= 15 is 0 Å². The lowest BCUT2D eigenvalue weighted by Crippen LogP contribution is -2.40. The van der Waals surface area contributed by atoms with Crippen LogP contribution in [0.25, 0.3) is 33.6 Å². The fourth-order valence-electron chi connectivity index (χ4n) is 8.87. The fraction of sp³-hybridized carbons (Fsp3) is 0.319. The molecule has 4 atom stereocenters. The Hall–Kier alpha value is -6.05. The van der Waals surface area contributed by atoms with E-state index in [-0.39, 0.29) is 29.5 Å². The largest absolute Gasteiger partial charge is 0.417 e. The Morgan fingerprint density at radius 3 is 1.52 bits per heavy atom. The number of carbonyl (C=O) groups excluding carboxylic acids is 2. The second kappa shape index (κ2) is 16.9. The second-order valence-electron chi connectivity index (χ2n) is 16.1. The van der Waals surface area contributed by atoms with Gasteiger partial charge in [0, 0.05) is 18.7 Å². The lowest BCUT2D eigenvalue weighted by molar-refractivity contribution is -0.138. The van der Waals surface area contributed by atoms with Gasteiger partial charge in [0.2, 0.25) is 11.8 Å². The molecule has 2 amide bonds. The van der Waals surface area contributed by atoms with Crippen LogP contribution in [0.1, 0.15) is 78.2 Å². The molecular formula is C47H49F3N8O2. The van der Waals surface area contributed by atoms with E-state index in [9.17, 15) is 22.8 Å². The summed E-state index contributed by atoms with van der Waals surface area (Å²) in [4.78, 5) is 51.3. The molecule has 0 saturated carbocycles. The minimum Gasteiger partial charge on any atom is -0.340 e. The molecule has 2 aliphatic heterocycles. The first-order valence-electron chi connectivity index (χ1n) is 20.3. The fourth-order valence-corrected chi connectivity index (χ4v) is 8.87. The third kappa shape index (κ3) is 8.11.